The maximum absolute atomic E-state index is 3.52. The maximum Gasteiger partial charge on any atom is 0.0782 e. The normalized spacial score (nSPS) is 12.0. The van der Waals surface area contributed by atoms with Crippen LogP contribution in [0, 0.1) is 0 Å². The maximum atomic E-state index is 3.52. The van der Waals surface area contributed by atoms with Gasteiger partial charge in [0, 0.05) is 5.33 Å². The molecule has 0 radical (unpaired) electrons. The molecule has 0 aliphatic carbocycles. The molecule has 194 valence electrons. The number of hydrogen-bond acceptors (Lipinski definition) is 0. The molecule has 0 spiro atoms. The summed E-state index contributed by atoms with van der Waals surface area (Å²) in [4.78, 5) is 0. The average molecular weight is 518 g/mol. The van der Waals surface area contributed by atoms with Crippen LogP contribution in [0.5, 0.6) is 0 Å². The first kappa shape index (κ1) is 32.4. The number of hydrogen-bond donors (Lipinski definition) is 0. The second-order valence-electron chi connectivity index (χ2n) is 11.2. The van der Waals surface area contributed by atoms with Gasteiger partial charge in [-0.1, -0.05) is 145 Å². The van der Waals surface area contributed by atoms with E-state index in [1.807, 2.05) is 0 Å². The molecule has 0 aliphatic heterocycles. The molecule has 0 aliphatic rings. The third-order valence-corrected chi connectivity index (χ3v) is 7.82. The Labute approximate surface area is 213 Å². The van der Waals surface area contributed by atoms with Gasteiger partial charge in [-0.3, -0.25) is 0 Å². The molecule has 0 saturated carbocycles. The van der Waals surface area contributed by atoms with Crippen LogP contribution in [0.15, 0.2) is 0 Å². The lowest BCUT2D eigenvalue weighted by atomic mass is 10.0. The third kappa shape index (κ3) is 26.7. The Morgan fingerprint density at radius 3 is 0.906 bits per heavy atom. The van der Waals surface area contributed by atoms with E-state index in [2.05, 4.69) is 36.9 Å². The van der Waals surface area contributed by atoms with Crippen LogP contribution in [-0.4, -0.2) is 37.0 Å². The zero-order valence-electron chi connectivity index (χ0n) is 22.9. The summed E-state index contributed by atoms with van der Waals surface area (Å²) in [5.41, 5.74) is 0. The Kier molecular flexibility index (Phi) is 26.4. The Morgan fingerprint density at radius 2 is 0.625 bits per heavy atom. The average Bonchev–Trinajstić information content (AvgIpc) is 2.77. The number of halogens is 1. The van der Waals surface area contributed by atoms with Gasteiger partial charge in [0.15, 0.2) is 0 Å². The van der Waals surface area contributed by atoms with Crippen molar-refractivity contribution in [3.63, 3.8) is 0 Å². The molecule has 0 saturated heterocycles. The molecule has 0 aromatic rings. The zero-order valence-corrected chi connectivity index (χ0v) is 24.5. The van der Waals surface area contributed by atoms with Gasteiger partial charge in [-0.15, -0.1) is 0 Å². The molecule has 0 fully saturated rings. The summed E-state index contributed by atoms with van der Waals surface area (Å²) in [6, 6.07) is 0. The predicted octanol–water partition coefficient (Wildman–Crippen LogP) is 10.8. The Bertz CT molecular complexity index is 342. The molecule has 0 aromatic heterocycles. The predicted molar refractivity (Wildman–Crippen MR) is 152 cm³/mol. The van der Waals surface area contributed by atoms with Gasteiger partial charge in [0.25, 0.3) is 0 Å². The van der Waals surface area contributed by atoms with E-state index < -0.39 is 0 Å². The summed E-state index contributed by atoms with van der Waals surface area (Å²) in [6.07, 6.45) is 34.8. The molecular formula is C30H63BrN+. The van der Waals surface area contributed by atoms with Crippen LogP contribution in [0.4, 0.5) is 0 Å². The van der Waals surface area contributed by atoms with E-state index in [1.54, 1.807) is 0 Å². The number of quaternary nitrogens is 1. The fourth-order valence-corrected chi connectivity index (χ4v) is 5.29. The summed E-state index contributed by atoms with van der Waals surface area (Å²) >= 11 is 3.52. The topological polar surface area (TPSA) is 0 Å². The van der Waals surface area contributed by atoms with E-state index in [-0.39, 0.29) is 0 Å². The van der Waals surface area contributed by atoms with E-state index >= 15 is 0 Å². The molecule has 0 amide bonds. The fourth-order valence-electron chi connectivity index (χ4n) is 4.89. The van der Waals surface area contributed by atoms with Crippen molar-refractivity contribution < 1.29 is 4.48 Å². The molecule has 0 bridgehead atoms. The highest BCUT2D eigenvalue weighted by Crippen LogP contribution is 2.15. The molecule has 0 unspecified atom stereocenters. The van der Waals surface area contributed by atoms with Crippen molar-refractivity contribution in [1.29, 1.82) is 0 Å². The standard InChI is InChI=1S/C30H63BrN/c1-4-5-6-7-8-9-10-14-17-20-23-26-29-32(2,3)30-27-24-21-18-15-12-11-13-16-19-22-25-28-31/h4-30H2,1-3H3/q+1. The second-order valence-corrected chi connectivity index (χ2v) is 12.0. The van der Waals surface area contributed by atoms with Crippen molar-refractivity contribution >= 4 is 15.9 Å². The minimum absolute atomic E-state index is 1.18. The van der Waals surface area contributed by atoms with Crippen LogP contribution in [0.25, 0.3) is 0 Å². The van der Waals surface area contributed by atoms with Crippen molar-refractivity contribution in [2.45, 2.75) is 161 Å². The first-order valence-corrected chi connectivity index (χ1v) is 16.1. The number of rotatable bonds is 27. The van der Waals surface area contributed by atoms with E-state index in [1.165, 1.54) is 177 Å². The Morgan fingerprint density at radius 1 is 0.375 bits per heavy atom. The highest BCUT2D eigenvalue weighted by atomic mass is 79.9. The van der Waals surface area contributed by atoms with Crippen LogP contribution in [0.3, 0.4) is 0 Å². The van der Waals surface area contributed by atoms with E-state index in [0.717, 1.165) is 0 Å². The first-order chi connectivity index (χ1) is 15.6. The van der Waals surface area contributed by atoms with Gasteiger partial charge in [-0.2, -0.15) is 0 Å². The molecule has 0 N–H and O–H groups in total. The van der Waals surface area contributed by atoms with Crippen LogP contribution >= 0.6 is 15.9 Å². The van der Waals surface area contributed by atoms with Gasteiger partial charge in [0.05, 0.1) is 27.2 Å². The van der Waals surface area contributed by atoms with Crippen LogP contribution in [0.2, 0.25) is 0 Å². The highest BCUT2D eigenvalue weighted by molar-refractivity contribution is 9.09. The lowest BCUT2D eigenvalue weighted by Gasteiger charge is -2.30. The first-order valence-electron chi connectivity index (χ1n) is 15.0. The van der Waals surface area contributed by atoms with E-state index in [9.17, 15) is 0 Å². The van der Waals surface area contributed by atoms with Crippen molar-refractivity contribution in [1.82, 2.24) is 0 Å². The van der Waals surface area contributed by atoms with Gasteiger partial charge in [0.1, 0.15) is 0 Å². The molecule has 0 atom stereocenters. The molecule has 0 heterocycles. The summed E-state index contributed by atoms with van der Waals surface area (Å²) in [7, 11) is 4.91. The monoisotopic (exact) mass is 516 g/mol. The SMILES string of the molecule is CCCCCCCCCCCCCC[N+](C)(C)CCCCCCCCCCCCCCBr. The van der Waals surface area contributed by atoms with Gasteiger partial charge >= 0.3 is 0 Å². The smallest absolute Gasteiger partial charge is 0.0782 e. The van der Waals surface area contributed by atoms with Gasteiger partial charge in [-0.05, 0) is 32.1 Å². The van der Waals surface area contributed by atoms with Crippen LogP contribution in [0.1, 0.15) is 161 Å². The van der Waals surface area contributed by atoms with E-state index in [0.29, 0.717) is 0 Å². The highest BCUT2D eigenvalue weighted by Gasteiger charge is 2.13. The molecular weight excluding hydrogens is 454 g/mol. The second kappa shape index (κ2) is 26.1. The van der Waals surface area contributed by atoms with Crippen molar-refractivity contribution in [2.75, 3.05) is 32.5 Å². The minimum atomic E-state index is 1.18. The summed E-state index contributed by atoms with van der Waals surface area (Å²) < 4.78 is 1.24. The van der Waals surface area contributed by atoms with Crippen molar-refractivity contribution in [2.24, 2.45) is 0 Å². The number of unbranched alkanes of at least 4 members (excludes halogenated alkanes) is 22. The Balaban J connectivity index is 3.29. The summed E-state index contributed by atoms with van der Waals surface area (Å²) in [6.45, 7) is 5.07. The fraction of sp³-hybridized carbons (Fsp3) is 1.00. The molecule has 32 heavy (non-hydrogen) atoms. The summed E-state index contributed by atoms with van der Waals surface area (Å²) in [5.74, 6) is 0. The Hall–Kier alpha value is 0.440. The van der Waals surface area contributed by atoms with Gasteiger partial charge in [0.2, 0.25) is 0 Å². The van der Waals surface area contributed by atoms with Gasteiger partial charge in [-0.25, -0.2) is 0 Å². The van der Waals surface area contributed by atoms with Crippen LogP contribution < -0.4 is 0 Å². The number of nitrogens with zero attached hydrogens (tertiary/aromatic N) is 1. The van der Waals surface area contributed by atoms with E-state index in [4.69, 9.17) is 0 Å². The van der Waals surface area contributed by atoms with Crippen molar-refractivity contribution in [3.8, 4) is 0 Å². The largest absolute Gasteiger partial charge is 0.328 e. The third-order valence-electron chi connectivity index (χ3n) is 7.26. The molecule has 0 aromatic carbocycles. The lowest BCUT2D eigenvalue weighted by molar-refractivity contribution is -0.890. The molecule has 0 rings (SSSR count). The van der Waals surface area contributed by atoms with Crippen molar-refractivity contribution in [3.05, 3.63) is 0 Å². The quantitative estimate of drug-likeness (QED) is 0.0577. The lowest BCUT2D eigenvalue weighted by Crippen LogP contribution is -2.41. The molecule has 1 nitrogen and oxygen atoms in total. The van der Waals surface area contributed by atoms with Crippen LogP contribution in [-0.2, 0) is 0 Å². The summed E-state index contributed by atoms with van der Waals surface area (Å²) in [5, 5.41) is 1.18. The van der Waals surface area contributed by atoms with Gasteiger partial charge < -0.3 is 4.48 Å². The minimum Gasteiger partial charge on any atom is -0.328 e. The number of alkyl halides is 1. The molecule has 2 heteroatoms. The zero-order chi connectivity index (χ0) is 23.6.